The summed E-state index contributed by atoms with van der Waals surface area (Å²) in [6.07, 6.45) is 0. The number of fused-ring (bicyclic) bond motifs is 1. The van der Waals surface area contributed by atoms with E-state index in [0.29, 0.717) is 17.1 Å². The van der Waals surface area contributed by atoms with Crippen LogP contribution in [0.2, 0.25) is 0 Å². The zero-order valence-electron chi connectivity index (χ0n) is 12.1. The lowest BCUT2D eigenvalue weighted by molar-refractivity contribution is 0.390. The van der Waals surface area contributed by atoms with Crippen molar-refractivity contribution in [3.8, 4) is 28.6 Å². The highest BCUT2D eigenvalue weighted by Crippen LogP contribution is 2.35. The van der Waals surface area contributed by atoms with Gasteiger partial charge in [0.2, 0.25) is 11.2 Å². The Hall–Kier alpha value is -2.95. The van der Waals surface area contributed by atoms with Crippen LogP contribution in [0, 0.1) is 0 Å². The Labute approximate surface area is 126 Å². The summed E-state index contributed by atoms with van der Waals surface area (Å²) in [5.41, 5.74) is 0.346. The lowest BCUT2D eigenvalue weighted by Crippen LogP contribution is -2.04. The van der Waals surface area contributed by atoms with Gasteiger partial charge in [0.1, 0.15) is 5.75 Å². The summed E-state index contributed by atoms with van der Waals surface area (Å²) in [6.45, 7) is 0. The van der Waals surface area contributed by atoms with E-state index in [0.717, 1.165) is 0 Å². The molecule has 0 aliphatic heterocycles. The molecule has 0 unspecified atom stereocenters. The first-order chi connectivity index (χ1) is 10.7. The summed E-state index contributed by atoms with van der Waals surface area (Å²) in [6, 6.07) is 12.1. The standard InChI is InChI=1S/C17H14O5/c1-20-11-8-12-14(18)15(19)16(10-6-4-3-5-7-10)22-17(12)13(9-11)21-2/h3-9,19H,1-2H3. The molecule has 5 nitrogen and oxygen atoms in total. The van der Waals surface area contributed by atoms with Crippen molar-refractivity contribution in [1.29, 1.82) is 0 Å². The molecular weight excluding hydrogens is 284 g/mol. The van der Waals surface area contributed by atoms with E-state index in [2.05, 4.69) is 0 Å². The van der Waals surface area contributed by atoms with E-state index in [1.807, 2.05) is 6.07 Å². The smallest absolute Gasteiger partial charge is 0.235 e. The van der Waals surface area contributed by atoms with E-state index in [9.17, 15) is 9.90 Å². The van der Waals surface area contributed by atoms with E-state index < -0.39 is 11.2 Å². The number of rotatable bonds is 3. The van der Waals surface area contributed by atoms with Gasteiger partial charge in [-0.1, -0.05) is 30.3 Å². The average Bonchev–Trinajstić information content (AvgIpc) is 2.57. The largest absolute Gasteiger partial charge is 0.502 e. The van der Waals surface area contributed by atoms with Crippen LogP contribution in [-0.4, -0.2) is 19.3 Å². The molecule has 0 bridgehead atoms. The average molecular weight is 298 g/mol. The molecule has 0 spiro atoms. The first kappa shape index (κ1) is 14.0. The number of benzene rings is 2. The van der Waals surface area contributed by atoms with E-state index in [1.54, 1.807) is 30.3 Å². The molecule has 0 radical (unpaired) electrons. The molecule has 0 aliphatic rings. The Kier molecular flexibility index (Phi) is 3.47. The minimum Gasteiger partial charge on any atom is -0.502 e. The molecule has 1 aromatic heterocycles. The van der Waals surface area contributed by atoms with Crippen molar-refractivity contribution in [2.45, 2.75) is 0 Å². The maximum absolute atomic E-state index is 12.4. The summed E-state index contributed by atoms with van der Waals surface area (Å²) in [7, 11) is 2.96. The second kappa shape index (κ2) is 5.44. The van der Waals surface area contributed by atoms with Crippen LogP contribution in [0.4, 0.5) is 0 Å². The van der Waals surface area contributed by atoms with E-state index in [4.69, 9.17) is 13.9 Å². The summed E-state index contributed by atoms with van der Waals surface area (Å²) in [5.74, 6) is 0.489. The van der Waals surface area contributed by atoms with Gasteiger partial charge in [-0.2, -0.15) is 0 Å². The van der Waals surface area contributed by atoms with Crippen molar-refractivity contribution < 1.29 is 19.0 Å². The topological polar surface area (TPSA) is 68.9 Å². The van der Waals surface area contributed by atoms with E-state index in [-0.39, 0.29) is 16.7 Å². The van der Waals surface area contributed by atoms with Gasteiger partial charge in [-0.25, -0.2) is 0 Å². The van der Waals surface area contributed by atoms with Gasteiger partial charge in [-0.05, 0) is 6.07 Å². The highest BCUT2D eigenvalue weighted by molar-refractivity contribution is 5.87. The molecular formula is C17H14O5. The molecule has 0 amide bonds. The normalized spacial score (nSPS) is 10.6. The fourth-order valence-corrected chi connectivity index (χ4v) is 2.29. The van der Waals surface area contributed by atoms with Crippen molar-refractivity contribution >= 4 is 11.0 Å². The van der Waals surface area contributed by atoms with Crippen molar-refractivity contribution in [2.24, 2.45) is 0 Å². The zero-order chi connectivity index (χ0) is 15.7. The number of hydrogen-bond donors (Lipinski definition) is 1. The van der Waals surface area contributed by atoms with Crippen molar-refractivity contribution in [3.63, 3.8) is 0 Å². The van der Waals surface area contributed by atoms with Gasteiger partial charge in [0.15, 0.2) is 17.1 Å². The summed E-state index contributed by atoms with van der Waals surface area (Å²) < 4.78 is 16.1. The zero-order valence-corrected chi connectivity index (χ0v) is 12.1. The molecule has 2 aromatic carbocycles. The SMILES string of the molecule is COc1cc(OC)c2oc(-c3ccccc3)c(O)c(=O)c2c1. The van der Waals surface area contributed by atoms with Gasteiger partial charge in [0.25, 0.3) is 0 Å². The first-order valence-electron chi connectivity index (χ1n) is 6.63. The van der Waals surface area contributed by atoms with Crippen LogP contribution >= 0.6 is 0 Å². The van der Waals surface area contributed by atoms with Gasteiger partial charge in [0, 0.05) is 11.6 Å². The van der Waals surface area contributed by atoms with Crippen molar-refractivity contribution in [3.05, 3.63) is 52.7 Å². The number of aromatic hydroxyl groups is 1. The third-order valence-corrected chi connectivity index (χ3v) is 3.40. The molecule has 0 atom stereocenters. The highest BCUT2D eigenvalue weighted by Gasteiger charge is 2.18. The Bertz CT molecular complexity index is 881. The summed E-state index contributed by atoms with van der Waals surface area (Å²) in [5, 5.41) is 10.4. The minimum atomic E-state index is -0.530. The highest BCUT2D eigenvalue weighted by atomic mass is 16.5. The second-order valence-electron chi connectivity index (χ2n) is 4.68. The number of hydrogen-bond acceptors (Lipinski definition) is 5. The fourth-order valence-electron chi connectivity index (χ4n) is 2.29. The van der Waals surface area contributed by atoms with Crippen molar-refractivity contribution in [1.82, 2.24) is 0 Å². The van der Waals surface area contributed by atoms with Gasteiger partial charge >= 0.3 is 0 Å². The Balaban J connectivity index is 2.39. The summed E-state index contributed by atoms with van der Waals surface area (Å²) in [4.78, 5) is 12.4. The van der Waals surface area contributed by atoms with Crippen LogP contribution in [0.15, 0.2) is 51.7 Å². The molecule has 112 valence electrons. The Morgan fingerprint density at radius 2 is 1.77 bits per heavy atom. The van der Waals surface area contributed by atoms with E-state index in [1.165, 1.54) is 20.3 Å². The minimum absolute atomic E-state index is 0.113. The molecule has 1 N–H and O–H groups in total. The molecule has 22 heavy (non-hydrogen) atoms. The molecule has 3 rings (SSSR count). The van der Waals surface area contributed by atoms with Crippen LogP contribution in [0.25, 0.3) is 22.3 Å². The molecule has 0 aliphatic carbocycles. The van der Waals surface area contributed by atoms with Gasteiger partial charge in [-0.3, -0.25) is 4.79 Å². The third kappa shape index (κ3) is 2.16. The Morgan fingerprint density at radius 1 is 1.05 bits per heavy atom. The van der Waals surface area contributed by atoms with Crippen LogP contribution < -0.4 is 14.9 Å². The third-order valence-electron chi connectivity index (χ3n) is 3.40. The fraction of sp³-hybridized carbons (Fsp3) is 0.118. The molecule has 0 fully saturated rings. The first-order valence-corrected chi connectivity index (χ1v) is 6.63. The van der Waals surface area contributed by atoms with Crippen LogP contribution in [0.3, 0.4) is 0 Å². The van der Waals surface area contributed by atoms with Gasteiger partial charge < -0.3 is 19.0 Å². The number of methoxy groups -OCH3 is 2. The Morgan fingerprint density at radius 3 is 2.41 bits per heavy atom. The van der Waals surface area contributed by atoms with Crippen LogP contribution in [0.5, 0.6) is 17.2 Å². The monoisotopic (exact) mass is 298 g/mol. The van der Waals surface area contributed by atoms with Crippen LogP contribution in [0.1, 0.15) is 0 Å². The predicted molar refractivity (Wildman–Crippen MR) is 82.7 cm³/mol. The van der Waals surface area contributed by atoms with Gasteiger partial charge in [-0.15, -0.1) is 0 Å². The number of ether oxygens (including phenoxy) is 2. The summed E-state index contributed by atoms with van der Waals surface area (Å²) >= 11 is 0. The van der Waals surface area contributed by atoms with Crippen LogP contribution in [-0.2, 0) is 0 Å². The molecule has 5 heteroatoms. The maximum atomic E-state index is 12.4. The predicted octanol–water partition coefficient (Wildman–Crippen LogP) is 3.18. The maximum Gasteiger partial charge on any atom is 0.235 e. The lowest BCUT2D eigenvalue weighted by atomic mass is 10.1. The van der Waals surface area contributed by atoms with Gasteiger partial charge in [0.05, 0.1) is 19.6 Å². The molecule has 0 saturated carbocycles. The quantitative estimate of drug-likeness (QED) is 0.804. The molecule has 3 aromatic rings. The second-order valence-corrected chi connectivity index (χ2v) is 4.68. The lowest BCUT2D eigenvalue weighted by Gasteiger charge is -2.10. The molecule has 1 heterocycles. The van der Waals surface area contributed by atoms with Crippen molar-refractivity contribution in [2.75, 3.05) is 14.2 Å². The van der Waals surface area contributed by atoms with E-state index >= 15 is 0 Å². The molecule has 0 saturated heterocycles.